The molecule has 6 nitrogen and oxygen atoms in total. The molecule has 0 aliphatic rings. The molecule has 0 bridgehead atoms. The number of carbonyl (C=O) groups is 1. The van der Waals surface area contributed by atoms with Crippen molar-refractivity contribution < 1.29 is 9.72 Å². The third-order valence-corrected chi connectivity index (χ3v) is 4.98. The molecule has 0 saturated carbocycles. The maximum Gasteiger partial charge on any atom is 0.293 e. The summed E-state index contributed by atoms with van der Waals surface area (Å²) in [4.78, 5) is 28.9. The largest absolute Gasteiger partial charge is 0.316 e. The number of carbonyl (C=O) groups excluding carboxylic acids is 1. The lowest BCUT2D eigenvalue weighted by Gasteiger charge is -2.12. The summed E-state index contributed by atoms with van der Waals surface area (Å²) in [6.45, 7) is 3.76. The van der Waals surface area contributed by atoms with E-state index in [1.807, 2.05) is 55.5 Å². The molecule has 1 heterocycles. The Morgan fingerprint density at radius 1 is 0.967 bits per heavy atom. The molecule has 0 fully saturated rings. The third-order valence-electron chi connectivity index (χ3n) is 4.98. The van der Waals surface area contributed by atoms with Crippen LogP contribution in [0.2, 0.25) is 0 Å². The summed E-state index contributed by atoms with van der Waals surface area (Å²) in [5.74, 6) is -0.421. The number of nitrogens with one attached hydrogen (secondary N) is 1. The van der Waals surface area contributed by atoms with Crippen LogP contribution in [0.25, 0.3) is 22.2 Å². The second kappa shape index (κ2) is 7.75. The van der Waals surface area contributed by atoms with Crippen LogP contribution >= 0.6 is 0 Å². The van der Waals surface area contributed by atoms with Crippen molar-refractivity contribution in [1.82, 2.24) is 4.98 Å². The molecule has 0 aliphatic carbocycles. The van der Waals surface area contributed by atoms with Crippen molar-refractivity contribution in [3.63, 3.8) is 0 Å². The number of para-hydroxylation sites is 1. The van der Waals surface area contributed by atoms with Crippen molar-refractivity contribution in [1.29, 1.82) is 0 Å². The number of aryl methyl sites for hydroxylation is 2. The highest BCUT2D eigenvalue weighted by molar-refractivity contribution is 6.13. The first kappa shape index (κ1) is 19.3. The fourth-order valence-corrected chi connectivity index (χ4v) is 3.45. The molecule has 0 aliphatic heterocycles. The van der Waals surface area contributed by atoms with Gasteiger partial charge in [-0.1, -0.05) is 48.5 Å². The molecule has 3 aromatic carbocycles. The van der Waals surface area contributed by atoms with Gasteiger partial charge in [-0.3, -0.25) is 14.9 Å². The Kier molecular flexibility index (Phi) is 4.98. The maximum absolute atomic E-state index is 13.2. The molecule has 1 N–H and O–H groups in total. The van der Waals surface area contributed by atoms with Gasteiger partial charge in [0.2, 0.25) is 0 Å². The van der Waals surface area contributed by atoms with Crippen LogP contribution in [0.1, 0.15) is 21.5 Å². The summed E-state index contributed by atoms with van der Waals surface area (Å²) in [5.41, 5.74) is 4.51. The lowest BCUT2D eigenvalue weighted by molar-refractivity contribution is -0.384. The van der Waals surface area contributed by atoms with E-state index >= 15 is 0 Å². The molecule has 1 amide bonds. The summed E-state index contributed by atoms with van der Waals surface area (Å²) < 4.78 is 0. The number of nitro benzene ring substituents is 1. The summed E-state index contributed by atoms with van der Waals surface area (Å²) in [7, 11) is 0. The number of anilines is 1. The lowest BCUT2D eigenvalue weighted by atomic mass is 10.0. The predicted octanol–water partition coefficient (Wildman–Crippen LogP) is 5.68. The average Bonchev–Trinajstić information content (AvgIpc) is 2.74. The van der Waals surface area contributed by atoms with Crippen LogP contribution < -0.4 is 5.32 Å². The molecular formula is C24H19N3O3. The molecule has 0 spiro atoms. The predicted molar refractivity (Wildman–Crippen MR) is 118 cm³/mol. The van der Waals surface area contributed by atoms with Crippen LogP contribution in [0.15, 0.2) is 72.8 Å². The van der Waals surface area contributed by atoms with Crippen LogP contribution in [0, 0.1) is 24.0 Å². The van der Waals surface area contributed by atoms with Crippen molar-refractivity contribution in [2.45, 2.75) is 13.8 Å². The molecular weight excluding hydrogens is 378 g/mol. The van der Waals surface area contributed by atoms with Crippen molar-refractivity contribution in [2.24, 2.45) is 0 Å². The molecule has 0 saturated heterocycles. The van der Waals surface area contributed by atoms with Crippen LogP contribution in [0.5, 0.6) is 0 Å². The van der Waals surface area contributed by atoms with Gasteiger partial charge in [-0.2, -0.15) is 0 Å². The maximum atomic E-state index is 13.2. The standard InChI is InChI=1S/C24H19N3O3/c1-15-11-12-21(23(13-15)27(29)30)26-24(28)19-14-22(17-8-4-3-7-16(17)2)25-20-10-6-5-9-18(19)20/h3-14H,1-2H3,(H,26,28). The van der Waals surface area contributed by atoms with Crippen LogP contribution in [0.3, 0.4) is 0 Å². The van der Waals surface area contributed by atoms with Gasteiger partial charge in [0.05, 0.1) is 21.7 Å². The molecule has 0 radical (unpaired) electrons. The van der Waals surface area contributed by atoms with E-state index in [0.717, 1.165) is 16.7 Å². The van der Waals surface area contributed by atoms with Gasteiger partial charge in [0.15, 0.2) is 0 Å². The van der Waals surface area contributed by atoms with E-state index in [2.05, 4.69) is 5.32 Å². The number of amides is 1. The first-order valence-corrected chi connectivity index (χ1v) is 9.46. The van der Waals surface area contributed by atoms with Gasteiger partial charge in [-0.05, 0) is 43.2 Å². The van der Waals surface area contributed by atoms with Gasteiger partial charge in [0, 0.05) is 17.0 Å². The zero-order valence-corrected chi connectivity index (χ0v) is 16.5. The van der Waals surface area contributed by atoms with Crippen molar-refractivity contribution >= 4 is 28.2 Å². The highest BCUT2D eigenvalue weighted by Crippen LogP contribution is 2.29. The minimum atomic E-state index is -0.494. The zero-order chi connectivity index (χ0) is 21.3. The number of aromatic nitrogens is 1. The minimum absolute atomic E-state index is 0.138. The SMILES string of the molecule is Cc1ccc(NC(=O)c2cc(-c3ccccc3C)nc3ccccc23)c([N+](=O)[O-])c1. The van der Waals surface area contributed by atoms with E-state index in [4.69, 9.17) is 4.98 Å². The van der Waals surface area contributed by atoms with Crippen LogP contribution in [-0.2, 0) is 0 Å². The quantitative estimate of drug-likeness (QED) is 0.355. The van der Waals surface area contributed by atoms with Crippen LogP contribution in [-0.4, -0.2) is 15.8 Å². The third kappa shape index (κ3) is 3.63. The van der Waals surface area contributed by atoms with Gasteiger partial charge in [-0.15, -0.1) is 0 Å². The average molecular weight is 397 g/mol. The number of benzene rings is 3. The summed E-state index contributed by atoms with van der Waals surface area (Å²) in [6, 6.07) is 21.7. The van der Waals surface area contributed by atoms with E-state index < -0.39 is 10.8 Å². The van der Waals surface area contributed by atoms with Crippen molar-refractivity contribution in [2.75, 3.05) is 5.32 Å². The second-order valence-electron chi connectivity index (χ2n) is 7.12. The Bertz CT molecular complexity index is 1300. The van der Waals surface area contributed by atoms with Gasteiger partial charge in [-0.25, -0.2) is 4.98 Å². The highest BCUT2D eigenvalue weighted by Gasteiger charge is 2.19. The number of fused-ring (bicyclic) bond motifs is 1. The molecule has 0 atom stereocenters. The Labute approximate surface area is 173 Å². The van der Waals surface area contributed by atoms with Gasteiger partial charge >= 0.3 is 0 Å². The molecule has 0 unspecified atom stereocenters. The molecule has 30 heavy (non-hydrogen) atoms. The molecule has 148 valence electrons. The van der Waals surface area contributed by atoms with E-state index in [9.17, 15) is 14.9 Å². The highest BCUT2D eigenvalue weighted by atomic mass is 16.6. The number of pyridine rings is 1. The van der Waals surface area contributed by atoms with E-state index in [1.165, 1.54) is 6.07 Å². The lowest BCUT2D eigenvalue weighted by Crippen LogP contribution is -2.14. The molecule has 4 aromatic rings. The number of hydrogen-bond donors (Lipinski definition) is 1. The van der Waals surface area contributed by atoms with Crippen molar-refractivity contribution in [3.05, 3.63) is 99.6 Å². The molecule has 6 heteroatoms. The van der Waals surface area contributed by atoms with E-state index in [0.29, 0.717) is 22.2 Å². The summed E-state index contributed by atoms with van der Waals surface area (Å²) in [6.07, 6.45) is 0. The normalized spacial score (nSPS) is 10.7. The Hall–Kier alpha value is -4.06. The smallest absolute Gasteiger partial charge is 0.293 e. The zero-order valence-electron chi connectivity index (χ0n) is 16.5. The van der Waals surface area contributed by atoms with Gasteiger partial charge in [0.25, 0.3) is 11.6 Å². The number of nitro groups is 1. The number of nitrogens with zero attached hydrogens (tertiary/aromatic N) is 2. The second-order valence-corrected chi connectivity index (χ2v) is 7.12. The van der Waals surface area contributed by atoms with Gasteiger partial charge in [0.1, 0.15) is 5.69 Å². The fraction of sp³-hybridized carbons (Fsp3) is 0.0833. The Morgan fingerprint density at radius 2 is 1.70 bits per heavy atom. The number of hydrogen-bond acceptors (Lipinski definition) is 4. The Morgan fingerprint density at radius 3 is 2.47 bits per heavy atom. The topological polar surface area (TPSA) is 85.1 Å². The first-order chi connectivity index (χ1) is 14.4. The molecule has 1 aromatic heterocycles. The van der Waals surface area contributed by atoms with E-state index in [-0.39, 0.29) is 11.4 Å². The molecule has 4 rings (SSSR count). The minimum Gasteiger partial charge on any atom is -0.316 e. The summed E-state index contributed by atoms with van der Waals surface area (Å²) in [5, 5.41) is 14.8. The first-order valence-electron chi connectivity index (χ1n) is 9.46. The fourth-order valence-electron chi connectivity index (χ4n) is 3.45. The van der Waals surface area contributed by atoms with E-state index in [1.54, 1.807) is 25.1 Å². The monoisotopic (exact) mass is 397 g/mol. The van der Waals surface area contributed by atoms with Gasteiger partial charge < -0.3 is 5.32 Å². The summed E-state index contributed by atoms with van der Waals surface area (Å²) >= 11 is 0. The van der Waals surface area contributed by atoms with Crippen LogP contribution in [0.4, 0.5) is 11.4 Å². The Balaban J connectivity index is 1.83. The van der Waals surface area contributed by atoms with Crippen molar-refractivity contribution in [3.8, 4) is 11.3 Å². The number of rotatable bonds is 4.